The lowest BCUT2D eigenvalue weighted by molar-refractivity contribution is 0.140. The average molecular weight is 289 g/mol. The summed E-state index contributed by atoms with van der Waals surface area (Å²) in [7, 11) is 0. The minimum Gasteiger partial charge on any atom is -0.503 e. The summed E-state index contributed by atoms with van der Waals surface area (Å²) in [6.45, 7) is 0. The van der Waals surface area contributed by atoms with Gasteiger partial charge in [0, 0.05) is 6.07 Å². The number of nitrogens with zero attached hydrogens (tertiary/aromatic N) is 1. The van der Waals surface area contributed by atoms with Gasteiger partial charge in [0.2, 0.25) is 0 Å². The Morgan fingerprint density at radius 2 is 2.08 bits per heavy atom. The van der Waals surface area contributed by atoms with Crippen molar-refractivity contribution in [2.24, 2.45) is 0 Å². The van der Waals surface area contributed by atoms with E-state index in [9.17, 15) is 13.2 Å². The largest absolute Gasteiger partial charge is 0.503 e. The molecule has 0 bridgehead atoms. The molecule has 0 saturated carbocycles. The van der Waals surface area contributed by atoms with Crippen LogP contribution in [0.15, 0.2) is 6.07 Å². The topological polar surface area (TPSA) is 33.1 Å². The molecular formula is C6H3F3INO. The van der Waals surface area contributed by atoms with Crippen molar-refractivity contribution in [2.75, 3.05) is 0 Å². The van der Waals surface area contributed by atoms with Crippen LogP contribution in [0.25, 0.3) is 0 Å². The normalized spacial score (nSPS) is 10.8. The standard InChI is InChI=1S/C6H3F3INO/c7-2-1-3(10)11-4(5(2)12)6(8)9/h1,6,12H. The molecule has 2 nitrogen and oxygen atoms in total. The first kappa shape index (κ1) is 9.56. The molecule has 0 unspecified atom stereocenters. The highest BCUT2D eigenvalue weighted by atomic mass is 127. The van der Waals surface area contributed by atoms with Gasteiger partial charge in [-0.05, 0) is 22.6 Å². The van der Waals surface area contributed by atoms with Gasteiger partial charge in [0.25, 0.3) is 6.43 Å². The van der Waals surface area contributed by atoms with E-state index < -0.39 is 23.7 Å². The molecule has 0 amide bonds. The lowest BCUT2D eigenvalue weighted by atomic mass is 10.3. The van der Waals surface area contributed by atoms with Crippen LogP contribution in [0.1, 0.15) is 12.1 Å². The Labute approximate surface area is 79.6 Å². The maximum absolute atomic E-state index is 12.6. The molecule has 0 fully saturated rings. The number of hydrogen-bond donors (Lipinski definition) is 1. The summed E-state index contributed by atoms with van der Waals surface area (Å²) >= 11 is 1.59. The van der Waals surface area contributed by atoms with Gasteiger partial charge in [0.05, 0.1) is 0 Å². The number of pyridine rings is 1. The van der Waals surface area contributed by atoms with Gasteiger partial charge in [-0.25, -0.2) is 18.2 Å². The summed E-state index contributed by atoms with van der Waals surface area (Å²) in [5.74, 6) is -2.16. The molecule has 1 heterocycles. The third kappa shape index (κ3) is 1.79. The van der Waals surface area contributed by atoms with Gasteiger partial charge in [0.1, 0.15) is 3.70 Å². The zero-order valence-electron chi connectivity index (χ0n) is 5.56. The Bertz CT molecular complexity index is 305. The highest BCUT2D eigenvalue weighted by molar-refractivity contribution is 14.1. The smallest absolute Gasteiger partial charge is 0.284 e. The first-order valence-electron chi connectivity index (χ1n) is 2.85. The minimum atomic E-state index is -2.96. The zero-order valence-corrected chi connectivity index (χ0v) is 7.72. The average Bonchev–Trinajstić information content (AvgIpc) is 1.96. The molecule has 0 saturated heterocycles. The summed E-state index contributed by atoms with van der Waals surface area (Å²) in [6, 6.07) is 0.877. The van der Waals surface area contributed by atoms with Crippen LogP contribution in [-0.2, 0) is 0 Å². The van der Waals surface area contributed by atoms with E-state index in [1.54, 1.807) is 22.6 Å². The predicted molar refractivity (Wildman–Crippen MR) is 43.5 cm³/mol. The molecule has 0 radical (unpaired) electrons. The van der Waals surface area contributed by atoms with Gasteiger partial charge in [-0.15, -0.1) is 0 Å². The molecule has 0 aromatic carbocycles. The number of hydrogen-bond acceptors (Lipinski definition) is 2. The Kier molecular flexibility index (Phi) is 2.76. The number of halogens is 4. The van der Waals surface area contributed by atoms with E-state index in [0.29, 0.717) is 0 Å². The van der Waals surface area contributed by atoms with Crippen LogP contribution in [0.2, 0.25) is 0 Å². The zero-order chi connectivity index (χ0) is 9.30. The fraction of sp³-hybridized carbons (Fsp3) is 0.167. The van der Waals surface area contributed by atoms with E-state index >= 15 is 0 Å². The minimum absolute atomic E-state index is 0.0817. The Morgan fingerprint density at radius 3 is 2.58 bits per heavy atom. The van der Waals surface area contributed by atoms with E-state index in [0.717, 1.165) is 6.07 Å². The third-order valence-corrected chi connectivity index (χ3v) is 1.70. The van der Waals surface area contributed by atoms with Crippen molar-refractivity contribution in [1.82, 2.24) is 4.98 Å². The van der Waals surface area contributed by atoms with E-state index in [1.165, 1.54) is 0 Å². The quantitative estimate of drug-likeness (QED) is 0.636. The van der Waals surface area contributed by atoms with Gasteiger partial charge >= 0.3 is 0 Å². The van der Waals surface area contributed by atoms with Crippen molar-refractivity contribution in [3.05, 3.63) is 21.3 Å². The molecule has 6 heteroatoms. The number of alkyl halides is 2. The second-order valence-corrected chi connectivity index (χ2v) is 3.07. The van der Waals surface area contributed by atoms with Crippen LogP contribution in [0, 0.1) is 9.52 Å². The summed E-state index contributed by atoms with van der Waals surface area (Å²) < 4.78 is 36.6. The monoisotopic (exact) mass is 289 g/mol. The number of aromatic nitrogens is 1. The molecule has 1 rings (SSSR count). The Hall–Kier alpha value is -0.530. The van der Waals surface area contributed by atoms with E-state index in [2.05, 4.69) is 4.98 Å². The maximum Gasteiger partial charge on any atom is 0.284 e. The first-order chi connectivity index (χ1) is 5.52. The molecule has 0 spiro atoms. The molecule has 1 aromatic heterocycles. The molecule has 1 aromatic rings. The van der Waals surface area contributed by atoms with Crippen molar-refractivity contribution >= 4 is 22.6 Å². The van der Waals surface area contributed by atoms with Crippen molar-refractivity contribution in [1.29, 1.82) is 0 Å². The summed E-state index contributed by atoms with van der Waals surface area (Å²) in [6.07, 6.45) is -2.96. The molecule has 0 aliphatic rings. The van der Waals surface area contributed by atoms with E-state index in [1.807, 2.05) is 0 Å². The molecular weight excluding hydrogens is 286 g/mol. The van der Waals surface area contributed by atoms with Gasteiger partial charge in [-0.1, -0.05) is 0 Å². The predicted octanol–water partition coefficient (Wildman–Crippen LogP) is 2.47. The molecule has 0 aliphatic carbocycles. The molecule has 1 N–H and O–H groups in total. The Morgan fingerprint density at radius 1 is 1.50 bits per heavy atom. The van der Waals surface area contributed by atoms with Crippen molar-refractivity contribution in [3.63, 3.8) is 0 Å². The van der Waals surface area contributed by atoms with E-state index in [4.69, 9.17) is 5.11 Å². The third-order valence-electron chi connectivity index (χ3n) is 1.15. The highest BCUT2D eigenvalue weighted by Gasteiger charge is 2.18. The SMILES string of the molecule is Oc1c(F)cc(I)nc1C(F)F. The summed E-state index contributed by atoms with van der Waals surface area (Å²) in [5, 5.41) is 8.77. The Balaban J connectivity index is 3.28. The van der Waals surface area contributed by atoms with Gasteiger partial charge < -0.3 is 5.11 Å². The molecule has 0 atom stereocenters. The van der Waals surface area contributed by atoms with Crippen LogP contribution in [0.5, 0.6) is 5.75 Å². The van der Waals surface area contributed by atoms with Crippen LogP contribution in [0.3, 0.4) is 0 Å². The van der Waals surface area contributed by atoms with Crippen LogP contribution in [-0.4, -0.2) is 10.1 Å². The van der Waals surface area contributed by atoms with Gasteiger partial charge in [-0.3, -0.25) is 0 Å². The summed E-state index contributed by atoms with van der Waals surface area (Å²) in [5.41, 5.74) is -0.917. The van der Waals surface area contributed by atoms with Gasteiger partial charge in [-0.2, -0.15) is 0 Å². The van der Waals surface area contributed by atoms with Crippen molar-refractivity contribution in [3.8, 4) is 5.75 Å². The van der Waals surface area contributed by atoms with Crippen LogP contribution < -0.4 is 0 Å². The fourth-order valence-corrected chi connectivity index (χ4v) is 1.18. The van der Waals surface area contributed by atoms with Crippen LogP contribution in [0.4, 0.5) is 13.2 Å². The highest BCUT2D eigenvalue weighted by Crippen LogP contribution is 2.29. The lowest BCUT2D eigenvalue weighted by Gasteiger charge is -2.03. The number of rotatable bonds is 1. The second kappa shape index (κ2) is 3.46. The lowest BCUT2D eigenvalue weighted by Crippen LogP contribution is -1.95. The van der Waals surface area contributed by atoms with Crippen LogP contribution >= 0.6 is 22.6 Å². The van der Waals surface area contributed by atoms with E-state index in [-0.39, 0.29) is 3.70 Å². The fourth-order valence-electron chi connectivity index (χ4n) is 0.648. The second-order valence-electron chi connectivity index (χ2n) is 1.96. The summed E-state index contributed by atoms with van der Waals surface area (Å²) in [4.78, 5) is 3.28. The molecule has 12 heavy (non-hydrogen) atoms. The molecule has 0 aliphatic heterocycles. The van der Waals surface area contributed by atoms with Crippen molar-refractivity contribution < 1.29 is 18.3 Å². The molecule has 66 valence electrons. The van der Waals surface area contributed by atoms with Gasteiger partial charge in [0.15, 0.2) is 17.3 Å². The number of aromatic hydroxyl groups is 1. The van der Waals surface area contributed by atoms with Crippen molar-refractivity contribution in [2.45, 2.75) is 6.43 Å². The maximum atomic E-state index is 12.6. The first-order valence-corrected chi connectivity index (χ1v) is 3.93.